The predicted octanol–water partition coefficient (Wildman–Crippen LogP) is 12.5. The molecule has 0 aliphatic carbocycles. The van der Waals surface area contributed by atoms with E-state index in [2.05, 4.69) is 26.0 Å². The molecule has 2 aliphatic rings. The van der Waals surface area contributed by atoms with E-state index in [9.17, 15) is 40.5 Å². The summed E-state index contributed by atoms with van der Waals surface area (Å²) in [4.78, 5) is 13.1. The first kappa shape index (κ1) is 71.8. The topological polar surface area (TPSA) is 214 Å². The van der Waals surface area contributed by atoms with Crippen LogP contribution in [-0.2, 0) is 33.2 Å². The molecule has 0 bridgehead atoms. The molecule has 0 aromatic heterocycles. The second-order valence-electron chi connectivity index (χ2n) is 22.9. The quantitative estimate of drug-likeness (QED) is 0.0172. The molecule has 11 unspecified atom stereocenters. The van der Waals surface area contributed by atoms with E-state index in [1.807, 2.05) is 0 Å². The van der Waals surface area contributed by atoms with Crippen LogP contribution in [0, 0.1) is 0 Å². The van der Waals surface area contributed by atoms with E-state index in [0.29, 0.717) is 13.0 Å². The van der Waals surface area contributed by atoms with Gasteiger partial charge in [0.05, 0.1) is 26.4 Å². The number of hydrogen-bond acceptors (Lipinski definition) is 14. The van der Waals surface area contributed by atoms with Crippen molar-refractivity contribution in [2.45, 2.75) is 351 Å². The fourth-order valence-corrected chi connectivity index (χ4v) is 10.6. The molecule has 14 nitrogen and oxygen atoms in total. The molecular formula is C63H120O14. The van der Waals surface area contributed by atoms with Crippen molar-refractivity contribution in [3.05, 3.63) is 12.2 Å². The van der Waals surface area contributed by atoms with Crippen LogP contribution in [0.3, 0.4) is 0 Å². The minimum Gasteiger partial charge on any atom is -0.457 e. The average molecular weight is 1100 g/mol. The first-order chi connectivity index (χ1) is 37.6. The highest BCUT2D eigenvalue weighted by Crippen LogP contribution is 2.27. The zero-order valence-electron chi connectivity index (χ0n) is 49.2. The van der Waals surface area contributed by atoms with E-state index in [4.69, 9.17) is 28.4 Å². The Bertz CT molecular complexity index is 1320. The van der Waals surface area contributed by atoms with Crippen molar-refractivity contribution in [3.8, 4) is 0 Å². The zero-order valence-corrected chi connectivity index (χ0v) is 49.2. The smallest absolute Gasteiger partial charge is 0.306 e. The monoisotopic (exact) mass is 1100 g/mol. The standard InChI is InChI=1S/C63H120O14/c1-3-5-7-9-11-13-15-17-19-21-23-24-25-26-27-28-29-30-32-34-36-38-40-42-44-46-55(65)75-52(49-72-47-45-43-41-39-37-35-33-31-22-20-18-16-14-12-10-8-6-4-2)50-73-62-61(71)59(69)57(67)54(77-62)51-74-63-60(70)58(68)56(66)53(48-64)76-63/h21,23,52-54,56-64,66-71H,3-20,22,24-51H2,1-2H3/b23-21-. The summed E-state index contributed by atoms with van der Waals surface area (Å²) in [5, 5.41) is 72.5. The van der Waals surface area contributed by atoms with Crippen LogP contribution in [-0.4, -0.2) is 142 Å². The van der Waals surface area contributed by atoms with Gasteiger partial charge in [-0.1, -0.05) is 251 Å². The lowest BCUT2D eigenvalue weighted by atomic mass is 9.98. The molecule has 2 rings (SSSR count). The van der Waals surface area contributed by atoms with Gasteiger partial charge in [0.2, 0.25) is 0 Å². The number of carbonyl (C=O) groups excluding carboxylic acids is 1. The number of aliphatic hydroxyl groups is 7. The van der Waals surface area contributed by atoms with Gasteiger partial charge in [0.25, 0.3) is 0 Å². The Hall–Kier alpha value is -1.27. The molecule has 0 saturated carbocycles. The highest BCUT2D eigenvalue weighted by Gasteiger charge is 2.47. The first-order valence-electron chi connectivity index (χ1n) is 32.3. The van der Waals surface area contributed by atoms with Gasteiger partial charge in [0.1, 0.15) is 54.9 Å². The largest absolute Gasteiger partial charge is 0.457 e. The Morgan fingerprint density at radius 2 is 0.766 bits per heavy atom. The van der Waals surface area contributed by atoms with Gasteiger partial charge in [0.15, 0.2) is 12.6 Å². The number of hydrogen-bond donors (Lipinski definition) is 7. The van der Waals surface area contributed by atoms with Crippen LogP contribution >= 0.6 is 0 Å². The highest BCUT2D eigenvalue weighted by molar-refractivity contribution is 5.69. The predicted molar refractivity (Wildman–Crippen MR) is 307 cm³/mol. The van der Waals surface area contributed by atoms with Crippen LogP contribution in [0.1, 0.15) is 284 Å². The molecule has 77 heavy (non-hydrogen) atoms. The van der Waals surface area contributed by atoms with E-state index < -0.39 is 80.7 Å². The van der Waals surface area contributed by atoms with Crippen molar-refractivity contribution in [2.75, 3.05) is 33.0 Å². The number of ether oxygens (including phenoxy) is 6. The van der Waals surface area contributed by atoms with Crippen LogP contribution in [0.15, 0.2) is 12.2 Å². The maximum atomic E-state index is 13.1. The average Bonchev–Trinajstić information content (AvgIpc) is 3.43. The lowest BCUT2D eigenvalue weighted by Gasteiger charge is -2.42. The molecular weight excluding hydrogens is 981 g/mol. The van der Waals surface area contributed by atoms with E-state index in [0.717, 1.165) is 38.5 Å². The fraction of sp³-hybridized carbons (Fsp3) is 0.952. The Morgan fingerprint density at radius 3 is 1.18 bits per heavy atom. The Morgan fingerprint density at radius 1 is 0.416 bits per heavy atom. The van der Waals surface area contributed by atoms with Gasteiger partial charge >= 0.3 is 5.97 Å². The van der Waals surface area contributed by atoms with Gasteiger partial charge < -0.3 is 64.2 Å². The van der Waals surface area contributed by atoms with Crippen molar-refractivity contribution in [3.63, 3.8) is 0 Å². The first-order valence-corrected chi connectivity index (χ1v) is 32.3. The third-order valence-corrected chi connectivity index (χ3v) is 15.8. The molecule has 2 fully saturated rings. The van der Waals surface area contributed by atoms with Gasteiger partial charge in [0, 0.05) is 13.0 Å². The molecule has 2 saturated heterocycles. The summed E-state index contributed by atoms with van der Waals surface area (Å²) in [5.74, 6) is -0.368. The molecule has 0 spiro atoms. The van der Waals surface area contributed by atoms with E-state index in [1.54, 1.807) is 0 Å². The second kappa shape index (κ2) is 50.5. The SMILES string of the molecule is CCCCCCCCCC/C=C\CCCCCCCCCCCCCCCC(=O)OC(COCCCCCCCCCCCCCCCCCCCC)COC1OC(COC2OC(CO)C(O)C(O)C2O)C(O)C(O)C1O. The Balaban J connectivity index is 1.66. The third-order valence-electron chi connectivity index (χ3n) is 15.8. The summed E-state index contributed by atoms with van der Waals surface area (Å²) < 4.78 is 34.5. The maximum Gasteiger partial charge on any atom is 0.306 e. The number of rotatable bonds is 54. The van der Waals surface area contributed by atoms with Crippen LogP contribution in [0.4, 0.5) is 0 Å². The summed E-state index contributed by atoms with van der Waals surface area (Å²) in [6.07, 6.45) is 41.4. The van der Waals surface area contributed by atoms with E-state index >= 15 is 0 Å². The molecule has 0 aromatic carbocycles. The molecule has 2 heterocycles. The molecule has 14 heteroatoms. The summed E-state index contributed by atoms with van der Waals surface area (Å²) in [6.45, 7) is 3.77. The molecule has 0 amide bonds. The number of aliphatic hydroxyl groups excluding tert-OH is 7. The molecule has 0 radical (unpaired) electrons. The van der Waals surface area contributed by atoms with Gasteiger partial charge in [-0.05, 0) is 38.5 Å². The lowest BCUT2D eigenvalue weighted by Crippen LogP contribution is -2.61. The maximum absolute atomic E-state index is 13.1. The minimum absolute atomic E-state index is 0.0689. The Labute approximate surface area is 469 Å². The summed E-state index contributed by atoms with van der Waals surface area (Å²) in [6, 6.07) is 0. The minimum atomic E-state index is -1.70. The summed E-state index contributed by atoms with van der Waals surface area (Å²) in [7, 11) is 0. The van der Waals surface area contributed by atoms with Crippen LogP contribution in [0.25, 0.3) is 0 Å². The van der Waals surface area contributed by atoms with Crippen molar-refractivity contribution in [2.24, 2.45) is 0 Å². The molecule has 11 atom stereocenters. The van der Waals surface area contributed by atoms with Crippen LogP contribution in [0.5, 0.6) is 0 Å². The second-order valence-corrected chi connectivity index (χ2v) is 22.9. The van der Waals surface area contributed by atoms with Gasteiger partial charge in [-0.3, -0.25) is 4.79 Å². The van der Waals surface area contributed by atoms with Crippen LogP contribution < -0.4 is 0 Å². The van der Waals surface area contributed by atoms with Crippen molar-refractivity contribution in [1.29, 1.82) is 0 Å². The number of allylic oxidation sites excluding steroid dienone is 2. The van der Waals surface area contributed by atoms with Crippen molar-refractivity contribution in [1.82, 2.24) is 0 Å². The van der Waals surface area contributed by atoms with Gasteiger partial charge in [-0.25, -0.2) is 0 Å². The Kier molecular flexibility index (Phi) is 47.1. The van der Waals surface area contributed by atoms with Crippen LogP contribution in [0.2, 0.25) is 0 Å². The molecule has 0 aromatic rings. The normalized spacial score (nSPS) is 24.3. The number of unbranched alkanes of at least 4 members (excludes halogenated alkanes) is 38. The molecule has 456 valence electrons. The van der Waals surface area contributed by atoms with E-state index in [1.165, 1.54) is 218 Å². The fourth-order valence-electron chi connectivity index (χ4n) is 10.6. The summed E-state index contributed by atoms with van der Waals surface area (Å²) >= 11 is 0. The van der Waals surface area contributed by atoms with E-state index in [-0.39, 0.29) is 25.6 Å². The van der Waals surface area contributed by atoms with Gasteiger partial charge in [-0.2, -0.15) is 0 Å². The van der Waals surface area contributed by atoms with Crippen molar-refractivity contribution >= 4 is 5.97 Å². The van der Waals surface area contributed by atoms with Crippen molar-refractivity contribution < 1.29 is 69.0 Å². The third kappa shape index (κ3) is 36.7. The van der Waals surface area contributed by atoms with Gasteiger partial charge in [-0.15, -0.1) is 0 Å². The molecule has 7 N–H and O–H groups in total. The number of esters is 1. The zero-order chi connectivity index (χ0) is 55.8. The summed E-state index contributed by atoms with van der Waals surface area (Å²) in [5.41, 5.74) is 0. The lowest BCUT2D eigenvalue weighted by molar-refractivity contribution is -0.332. The molecule has 2 aliphatic heterocycles. The number of carbonyl (C=O) groups is 1. The highest BCUT2D eigenvalue weighted by atomic mass is 16.7.